The second-order valence-corrected chi connectivity index (χ2v) is 5.29. The molecule has 2 N–H and O–H groups in total. The average Bonchev–Trinajstić information content (AvgIpc) is 2.57. The molecule has 2 unspecified atom stereocenters. The van der Waals surface area contributed by atoms with Gasteiger partial charge in [0.25, 0.3) is 0 Å². The Bertz CT molecular complexity index is 210. The van der Waals surface area contributed by atoms with E-state index in [1.54, 1.807) is 0 Å². The van der Waals surface area contributed by atoms with Gasteiger partial charge in [0.1, 0.15) is 5.54 Å². The van der Waals surface area contributed by atoms with E-state index in [-0.39, 0.29) is 5.97 Å². The van der Waals surface area contributed by atoms with Crippen LogP contribution in [0.15, 0.2) is 0 Å². The standard InChI is InChI=1S/C10H19NO2S/c1-3-6-14-8-4-5-10(11,7-8)9(12)13-2/h8H,3-7,11H2,1-2H3. The smallest absolute Gasteiger partial charge is 0.325 e. The second kappa shape index (κ2) is 5.03. The Hall–Kier alpha value is -0.220. The molecule has 1 rings (SSSR count). The Labute approximate surface area is 89.8 Å². The van der Waals surface area contributed by atoms with Gasteiger partial charge in [-0.3, -0.25) is 4.79 Å². The Balaban J connectivity index is 2.42. The van der Waals surface area contributed by atoms with Crippen LogP contribution in [0.5, 0.6) is 0 Å². The molecular weight excluding hydrogens is 198 g/mol. The monoisotopic (exact) mass is 217 g/mol. The van der Waals surface area contributed by atoms with Crippen molar-refractivity contribution in [3.8, 4) is 0 Å². The summed E-state index contributed by atoms with van der Waals surface area (Å²) in [5.41, 5.74) is 5.28. The molecule has 0 amide bonds. The van der Waals surface area contributed by atoms with E-state index in [2.05, 4.69) is 6.92 Å². The van der Waals surface area contributed by atoms with E-state index in [1.807, 2.05) is 11.8 Å². The van der Waals surface area contributed by atoms with Crippen LogP contribution in [-0.2, 0) is 9.53 Å². The fourth-order valence-electron chi connectivity index (χ4n) is 1.84. The molecule has 1 aliphatic rings. The molecule has 0 spiro atoms. The first-order valence-corrected chi connectivity index (χ1v) is 6.16. The van der Waals surface area contributed by atoms with E-state index < -0.39 is 5.54 Å². The van der Waals surface area contributed by atoms with Crippen LogP contribution in [0.2, 0.25) is 0 Å². The summed E-state index contributed by atoms with van der Waals surface area (Å²) in [6, 6.07) is 0. The zero-order valence-electron chi connectivity index (χ0n) is 8.91. The van der Waals surface area contributed by atoms with E-state index in [0.29, 0.717) is 5.25 Å². The molecule has 4 heteroatoms. The van der Waals surface area contributed by atoms with Gasteiger partial charge in [0.15, 0.2) is 0 Å². The van der Waals surface area contributed by atoms with Crippen LogP contribution in [0.1, 0.15) is 32.6 Å². The summed E-state index contributed by atoms with van der Waals surface area (Å²) >= 11 is 1.93. The van der Waals surface area contributed by atoms with Crippen molar-refractivity contribution in [3.05, 3.63) is 0 Å². The van der Waals surface area contributed by atoms with Crippen LogP contribution in [-0.4, -0.2) is 29.6 Å². The van der Waals surface area contributed by atoms with Gasteiger partial charge in [0.05, 0.1) is 7.11 Å². The number of nitrogens with two attached hydrogens (primary N) is 1. The molecule has 0 aromatic heterocycles. The minimum absolute atomic E-state index is 0.253. The van der Waals surface area contributed by atoms with Gasteiger partial charge in [0.2, 0.25) is 0 Å². The molecule has 0 bridgehead atoms. The van der Waals surface area contributed by atoms with Crippen LogP contribution >= 0.6 is 11.8 Å². The van der Waals surface area contributed by atoms with E-state index in [4.69, 9.17) is 10.5 Å². The molecule has 82 valence electrons. The molecule has 0 aliphatic heterocycles. The number of rotatable bonds is 4. The molecule has 0 aromatic carbocycles. The number of thioether (sulfide) groups is 1. The van der Waals surface area contributed by atoms with Crippen LogP contribution in [0.4, 0.5) is 0 Å². The summed E-state index contributed by atoms with van der Waals surface area (Å²) < 4.78 is 4.72. The maximum absolute atomic E-state index is 11.4. The highest BCUT2D eigenvalue weighted by Crippen LogP contribution is 2.36. The van der Waals surface area contributed by atoms with Gasteiger partial charge in [-0.1, -0.05) is 6.92 Å². The predicted molar refractivity (Wildman–Crippen MR) is 59.3 cm³/mol. The van der Waals surface area contributed by atoms with Crippen LogP contribution in [0.25, 0.3) is 0 Å². The second-order valence-electron chi connectivity index (χ2n) is 3.88. The molecule has 2 atom stereocenters. The minimum atomic E-state index is -0.708. The van der Waals surface area contributed by atoms with Gasteiger partial charge in [-0.25, -0.2) is 0 Å². The number of hydrogen-bond donors (Lipinski definition) is 1. The van der Waals surface area contributed by atoms with Crippen molar-refractivity contribution in [3.63, 3.8) is 0 Å². The lowest BCUT2D eigenvalue weighted by Gasteiger charge is -2.20. The van der Waals surface area contributed by atoms with Crippen molar-refractivity contribution in [2.24, 2.45) is 5.73 Å². The lowest BCUT2D eigenvalue weighted by Crippen LogP contribution is -2.46. The van der Waals surface area contributed by atoms with Gasteiger partial charge >= 0.3 is 5.97 Å². The summed E-state index contributed by atoms with van der Waals surface area (Å²) in [5, 5.41) is 0.541. The van der Waals surface area contributed by atoms with Crippen molar-refractivity contribution >= 4 is 17.7 Å². The molecule has 1 fully saturated rings. The van der Waals surface area contributed by atoms with E-state index in [1.165, 1.54) is 13.5 Å². The van der Waals surface area contributed by atoms with Crippen LogP contribution in [0, 0.1) is 0 Å². The fraction of sp³-hybridized carbons (Fsp3) is 0.900. The van der Waals surface area contributed by atoms with Gasteiger partial charge in [-0.15, -0.1) is 0 Å². The quantitative estimate of drug-likeness (QED) is 0.726. The van der Waals surface area contributed by atoms with Crippen molar-refractivity contribution in [1.29, 1.82) is 0 Å². The molecule has 0 saturated heterocycles. The molecule has 14 heavy (non-hydrogen) atoms. The maximum Gasteiger partial charge on any atom is 0.325 e. The molecule has 1 saturated carbocycles. The summed E-state index contributed by atoms with van der Waals surface area (Å²) in [6.45, 7) is 2.16. The normalized spacial score (nSPS) is 31.8. The maximum atomic E-state index is 11.4. The van der Waals surface area contributed by atoms with Crippen molar-refractivity contribution in [2.45, 2.75) is 43.4 Å². The number of carbonyl (C=O) groups excluding carboxylic acids is 1. The Morgan fingerprint density at radius 1 is 1.71 bits per heavy atom. The SMILES string of the molecule is CCCSC1CCC(N)(C(=O)OC)C1. The number of methoxy groups -OCH3 is 1. The lowest BCUT2D eigenvalue weighted by atomic mass is 10.00. The van der Waals surface area contributed by atoms with Crippen LogP contribution in [0.3, 0.4) is 0 Å². The molecule has 0 heterocycles. The third-order valence-corrected chi connectivity index (χ3v) is 4.17. The summed E-state index contributed by atoms with van der Waals surface area (Å²) in [7, 11) is 1.41. The first kappa shape index (κ1) is 11.9. The summed E-state index contributed by atoms with van der Waals surface area (Å²) in [4.78, 5) is 11.4. The molecule has 0 radical (unpaired) electrons. The molecular formula is C10H19NO2S. The van der Waals surface area contributed by atoms with Crippen molar-refractivity contribution in [2.75, 3.05) is 12.9 Å². The molecule has 1 aliphatic carbocycles. The minimum Gasteiger partial charge on any atom is -0.468 e. The topological polar surface area (TPSA) is 52.3 Å². The Morgan fingerprint density at radius 3 is 3.00 bits per heavy atom. The van der Waals surface area contributed by atoms with Gasteiger partial charge in [0, 0.05) is 5.25 Å². The predicted octanol–water partition coefficient (Wildman–Crippen LogP) is 1.55. The number of esters is 1. The third-order valence-electron chi connectivity index (χ3n) is 2.65. The lowest BCUT2D eigenvalue weighted by molar-refractivity contribution is -0.146. The number of hydrogen-bond acceptors (Lipinski definition) is 4. The average molecular weight is 217 g/mol. The number of ether oxygens (including phenoxy) is 1. The zero-order chi connectivity index (χ0) is 10.6. The van der Waals surface area contributed by atoms with Crippen LogP contribution < -0.4 is 5.73 Å². The van der Waals surface area contributed by atoms with E-state index >= 15 is 0 Å². The largest absolute Gasteiger partial charge is 0.468 e. The van der Waals surface area contributed by atoms with Crippen molar-refractivity contribution < 1.29 is 9.53 Å². The molecule has 3 nitrogen and oxygen atoms in total. The van der Waals surface area contributed by atoms with Gasteiger partial charge < -0.3 is 10.5 Å². The van der Waals surface area contributed by atoms with Gasteiger partial charge in [-0.05, 0) is 31.4 Å². The molecule has 0 aromatic rings. The highest BCUT2D eigenvalue weighted by Gasteiger charge is 2.42. The van der Waals surface area contributed by atoms with Gasteiger partial charge in [-0.2, -0.15) is 11.8 Å². The Kier molecular flexibility index (Phi) is 4.26. The summed E-state index contributed by atoms with van der Waals surface area (Å²) in [5.74, 6) is 0.902. The Morgan fingerprint density at radius 2 is 2.43 bits per heavy atom. The summed E-state index contributed by atoms with van der Waals surface area (Å²) in [6.07, 6.45) is 3.75. The first-order chi connectivity index (χ1) is 6.62. The van der Waals surface area contributed by atoms with Crippen molar-refractivity contribution in [1.82, 2.24) is 0 Å². The highest BCUT2D eigenvalue weighted by atomic mass is 32.2. The fourth-order valence-corrected chi connectivity index (χ4v) is 3.11. The van der Waals surface area contributed by atoms with E-state index in [0.717, 1.165) is 25.0 Å². The number of carbonyl (C=O) groups is 1. The zero-order valence-corrected chi connectivity index (χ0v) is 9.73. The highest BCUT2D eigenvalue weighted by molar-refractivity contribution is 7.99. The first-order valence-electron chi connectivity index (χ1n) is 5.11. The van der Waals surface area contributed by atoms with E-state index in [9.17, 15) is 4.79 Å². The third kappa shape index (κ3) is 2.64.